The third kappa shape index (κ3) is 3.49. The fraction of sp³-hybridized carbons (Fsp3) is 0.769. The molecule has 2 rings (SSSR count). The van der Waals surface area contributed by atoms with E-state index in [0.717, 1.165) is 24.3 Å². The van der Waals surface area contributed by atoms with Crippen LogP contribution in [0.1, 0.15) is 31.9 Å². The summed E-state index contributed by atoms with van der Waals surface area (Å²) in [6.45, 7) is 3.33. The van der Waals surface area contributed by atoms with Crippen LogP contribution in [0.25, 0.3) is 0 Å². The maximum atomic E-state index is 4.20. The molecule has 2 unspecified atom stereocenters. The van der Waals surface area contributed by atoms with E-state index >= 15 is 0 Å². The molecule has 0 amide bonds. The average molecular weight is 253 g/mol. The van der Waals surface area contributed by atoms with Gasteiger partial charge in [0.15, 0.2) is 0 Å². The number of aromatic nitrogens is 2. The summed E-state index contributed by atoms with van der Waals surface area (Å²) in [6, 6.07) is 2.84. The summed E-state index contributed by atoms with van der Waals surface area (Å²) in [7, 11) is 2.01. The first-order chi connectivity index (χ1) is 8.31. The van der Waals surface area contributed by atoms with E-state index in [1.807, 2.05) is 17.9 Å². The van der Waals surface area contributed by atoms with Crippen LogP contribution in [0.4, 0.5) is 0 Å². The molecular weight excluding hydrogens is 230 g/mol. The third-order valence-electron chi connectivity index (χ3n) is 3.54. The van der Waals surface area contributed by atoms with Gasteiger partial charge in [-0.1, -0.05) is 13.3 Å². The molecule has 1 saturated carbocycles. The first kappa shape index (κ1) is 13.0. The van der Waals surface area contributed by atoms with E-state index in [4.69, 9.17) is 0 Å². The number of nitrogens with zero attached hydrogens (tertiary/aromatic N) is 2. The Bertz CT molecular complexity index is 337. The Labute approximate surface area is 108 Å². The van der Waals surface area contributed by atoms with Crippen molar-refractivity contribution in [1.82, 2.24) is 15.1 Å². The minimum atomic E-state index is 0.730. The van der Waals surface area contributed by atoms with Crippen molar-refractivity contribution in [2.24, 2.45) is 7.05 Å². The van der Waals surface area contributed by atoms with Crippen LogP contribution in [0.3, 0.4) is 0 Å². The zero-order valence-electron chi connectivity index (χ0n) is 10.9. The van der Waals surface area contributed by atoms with Crippen molar-refractivity contribution >= 4 is 11.8 Å². The van der Waals surface area contributed by atoms with Gasteiger partial charge in [0.1, 0.15) is 0 Å². The standard InChI is InChI=1S/C13H23N3S/c1-3-17-13-6-4-5-12(13)14-9-7-11-8-10-15-16(11)2/h8,10,12-14H,3-7,9H2,1-2H3. The lowest BCUT2D eigenvalue weighted by Crippen LogP contribution is -2.35. The monoisotopic (exact) mass is 253 g/mol. The van der Waals surface area contributed by atoms with Gasteiger partial charge in [0.2, 0.25) is 0 Å². The molecule has 2 atom stereocenters. The van der Waals surface area contributed by atoms with Gasteiger partial charge in [0, 0.05) is 43.2 Å². The second-order valence-corrected chi connectivity index (χ2v) is 6.20. The first-order valence-corrected chi connectivity index (χ1v) is 7.68. The molecule has 1 aromatic rings. The quantitative estimate of drug-likeness (QED) is 0.843. The summed E-state index contributed by atoms with van der Waals surface area (Å²) in [4.78, 5) is 0. The number of hydrogen-bond acceptors (Lipinski definition) is 3. The van der Waals surface area contributed by atoms with E-state index in [2.05, 4.69) is 35.2 Å². The second kappa shape index (κ2) is 6.45. The van der Waals surface area contributed by atoms with E-state index in [9.17, 15) is 0 Å². The molecule has 0 saturated heterocycles. The highest BCUT2D eigenvalue weighted by Gasteiger charge is 2.26. The maximum Gasteiger partial charge on any atom is 0.0492 e. The van der Waals surface area contributed by atoms with Gasteiger partial charge in [-0.2, -0.15) is 16.9 Å². The molecule has 0 aromatic carbocycles. The van der Waals surface area contributed by atoms with Crippen molar-refractivity contribution in [3.8, 4) is 0 Å². The Balaban J connectivity index is 1.73. The van der Waals surface area contributed by atoms with Gasteiger partial charge in [-0.3, -0.25) is 4.68 Å². The van der Waals surface area contributed by atoms with Crippen LogP contribution >= 0.6 is 11.8 Å². The number of aryl methyl sites for hydroxylation is 1. The highest BCUT2D eigenvalue weighted by atomic mass is 32.2. The van der Waals surface area contributed by atoms with Gasteiger partial charge in [-0.15, -0.1) is 0 Å². The van der Waals surface area contributed by atoms with Crippen molar-refractivity contribution in [3.63, 3.8) is 0 Å². The van der Waals surface area contributed by atoms with Crippen LogP contribution in [0.5, 0.6) is 0 Å². The maximum absolute atomic E-state index is 4.20. The van der Waals surface area contributed by atoms with E-state index in [0.29, 0.717) is 0 Å². The molecule has 17 heavy (non-hydrogen) atoms. The number of thioether (sulfide) groups is 1. The molecule has 1 N–H and O–H groups in total. The summed E-state index contributed by atoms with van der Waals surface area (Å²) in [5.74, 6) is 1.24. The van der Waals surface area contributed by atoms with Crippen molar-refractivity contribution in [1.29, 1.82) is 0 Å². The van der Waals surface area contributed by atoms with Gasteiger partial charge in [-0.25, -0.2) is 0 Å². The van der Waals surface area contributed by atoms with Crippen LogP contribution < -0.4 is 5.32 Å². The second-order valence-electron chi connectivity index (χ2n) is 4.68. The highest BCUT2D eigenvalue weighted by Crippen LogP contribution is 2.29. The summed E-state index contributed by atoms with van der Waals surface area (Å²) in [5, 5.41) is 8.76. The Morgan fingerprint density at radius 1 is 1.53 bits per heavy atom. The molecule has 3 nitrogen and oxygen atoms in total. The molecule has 1 aromatic heterocycles. The fourth-order valence-corrected chi connectivity index (χ4v) is 3.83. The molecule has 1 heterocycles. The molecular formula is C13H23N3S. The minimum absolute atomic E-state index is 0.730. The van der Waals surface area contributed by atoms with E-state index in [1.165, 1.54) is 30.7 Å². The normalized spacial score (nSPS) is 24.4. The molecule has 1 aliphatic rings. The zero-order chi connectivity index (χ0) is 12.1. The topological polar surface area (TPSA) is 29.9 Å². The zero-order valence-corrected chi connectivity index (χ0v) is 11.7. The van der Waals surface area contributed by atoms with Crippen molar-refractivity contribution in [3.05, 3.63) is 18.0 Å². The molecule has 1 aliphatic carbocycles. The Hall–Kier alpha value is -0.480. The Kier molecular flexibility index (Phi) is 4.92. The number of nitrogens with one attached hydrogen (secondary N) is 1. The van der Waals surface area contributed by atoms with Gasteiger partial charge >= 0.3 is 0 Å². The van der Waals surface area contributed by atoms with Crippen molar-refractivity contribution in [2.45, 2.75) is 43.9 Å². The summed E-state index contributed by atoms with van der Waals surface area (Å²) in [5.41, 5.74) is 1.31. The van der Waals surface area contributed by atoms with E-state index < -0.39 is 0 Å². The van der Waals surface area contributed by atoms with Crippen LogP contribution in [0.2, 0.25) is 0 Å². The lowest BCUT2D eigenvalue weighted by molar-refractivity contribution is 0.528. The molecule has 1 fully saturated rings. The van der Waals surface area contributed by atoms with Crippen LogP contribution in [-0.4, -0.2) is 33.4 Å². The molecule has 0 radical (unpaired) electrons. The summed E-state index contributed by atoms with van der Waals surface area (Å²) < 4.78 is 1.97. The van der Waals surface area contributed by atoms with Crippen LogP contribution in [-0.2, 0) is 13.5 Å². The average Bonchev–Trinajstić information content (AvgIpc) is 2.90. The first-order valence-electron chi connectivity index (χ1n) is 6.63. The van der Waals surface area contributed by atoms with Gasteiger partial charge in [-0.05, 0) is 24.7 Å². The fourth-order valence-electron chi connectivity index (χ4n) is 2.61. The van der Waals surface area contributed by atoms with Crippen molar-refractivity contribution < 1.29 is 0 Å². The predicted octanol–water partition coefficient (Wildman–Crippen LogP) is 2.23. The molecule has 4 heteroatoms. The summed E-state index contributed by atoms with van der Waals surface area (Å²) in [6.07, 6.45) is 7.09. The number of hydrogen-bond donors (Lipinski definition) is 1. The van der Waals surface area contributed by atoms with Gasteiger partial charge in [0.05, 0.1) is 0 Å². The van der Waals surface area contributed by atoms with Crippen molar-refractivity contribution in [2.75, 3.05) is 12.3 Å². The third-order valence-corrected chi connectivity index (χ3v) is 4.87. The Morgan fingerprint density at radius 3 is 3.12 bits per heavy atom. The van der Waals surface area contributed by atoms with Crippen LogP contribution in [0, 0.1) is 0 Å². The van der Waals surface area contributed by atoms with E-state index in [-0.39, 0.29) is 0 Å². The largest absolute Gasteiger partial charge is 0.312 e. The number of rotatable bonds is 6. The highest BCUT2D eigenvalue weighted by molar-refractivity contribution is 7.99. The van der Waals surface area contributed by atoms with E-state index in [1.54, 1.807) is 0 Å². The predicted molar refractivity (Wildman–Crippen MR) is 74.5 cm³/mol. The molecule has 0 bridgehead atoms. The minimum Gasteiger partial charge on any atom is -0.312 e. The summed E-state index contributed by atoms with van der Waals surface area (Å²) >= 11 is 2.12. The van der Waals surface area contributed by atoms with Crippen LogP contribution in [0.15, 0.2) is 12.3 Å². The molecule has 0 spiro atoms. The molecule has 96 valence electrons. The smallest absolute Gasteiger partial charge is 0.0492 e. The van der Waals surface area contributed by atoms with Gasteiger partial charge in [0.25, 0.3) is 0 Å². The van der Waals surface area contributed by atoms with Gasteiger partial charge < -0.3 is 5.32 Å². The Morgan fingerprint density at radius 2 is 2.41 bits per heavy atom. The molecule has 0 aliphatic heterocycles. The SMILES string of the molecule is CCSC1CCCC1NCCc1ccnn1C. The lowest BCUT2D eigenvalue weighted by atomic mass is 10.2. The lowest BCUT2D eigenvalue weighted by Gasteiger charge is -2.20.